The average molecular weight is 1030 g/mol. The number of phosphoric ester groups is 1. The molecule has 9 nitrogen and oxygen atoms in total. The van der Waals surface area contributed by atoms with Crippen LogP contribution in [0.1, 0.15) is 271 Å². The maximum absolute atomic E-state index is 12.8. The van der Waals surface area contributed by atoms with Crippen LogP contribution < -0.4 is 4.89 Å². The van der Waals surface area contributed by atoms with Crippen LogP contribution >= 0.6 is 7.82 Å². The smallest absolute Gasteiger partial charge is 0.306 e. The molecule has 0 saturated carbocycles. The van der Waals surface area contributed by atoms with E-state index in [-0.39, 0.29) is 26.1 Å². The first kappa shape index (κ1) is 69.7. The van der Waals surface area contributed by atoms with Gasteiger partial charge in [-0.3, -0.25) is 14.2 Å². The molecule has 0 aliphatic heterocycles. The summed E-state index contributed by atoms with van der Waals surface area (Å²) in [6, 6.07) is 0. The first-order chi connectivity index (χ1) is 35.0. The minimum Gasteiger partial charge on any atom is -0.756 e. The number of carbonyl (C=O) groups excluding carboxylic acids is 2. The van der Waals surface area contributed by atoms with E-state index in [0.717, 1.165) is 70.6 Å². The maximum atomic E-state index is 12.8. The Morgan fingerprint density at radius 2 is 0.750 bits per heavy atom. The van der Waals surface area contributed by atoms with Gasteiger partial charge in [0.25, 0.3) is 7.82 Å². The maximum Gasteiger partial charge on any atom is 0.306 e. The molecule has 420 valence electrons. The normalized spacial score (nSPS) is 13.7. The number of quaternary nitrogens is 1. The molecule has 0 aromatic carbocycles. The number of likely N-dealkylation sites (N-methyl/N-ethyl adjacent to an activating group) is 1. The standard InChI is InChI=1S/C62H114NO8P/c1-6-8-10-12-14-16-18-20-22-23-24-25-26-27-28-29-30-31-32-33-34-35-36-37-38-39-41-43-45-47-49-51-53-55-62(65)71-60(59-70-72(66,67)69-57-56-63(3,4)5)58-68-61(64)54-52-50-48-46-44-42-40-21-19-17-15-13-11-9-7-2/h15,17-18,20-21,23-24,26-27,40,60H,6-14,16,19,22,25,28-39,41-59H2,1-5H3/b17-15-,20-18-,24-23-,27-26-,40-21-. The zero-order chi connectivity index (χ0) is 52.7. The SMILES string of the molecule is CCCCC/C=C\C/C=C\CCCCCCCC(=O)OCC(COP(=O)([O-])OCC[N+](C)(C)C)OC(=O)CCCCCCCCCCCCCCCCCCCC/C=C\C/C=C\C/C=C\CCCCCCC. The summed E-state index contributed by atoms with van der Waals surface area (Å²) < 4.78 is 34.1. The van der Waals surface area contributed by atoms with Gasteiger partial charge < -0.3 is 27.9 Å². The van der Waals surface area contributed by atoms with Crippen molar-refractivity contribution in [2.24, 2.45) is 0 Å². The molecule has 0 rings (SSSR count). The van der Waals surface area contributed by atoms with Gasteiger partial charge in [0.05, 0.1) is 27.7 Å². The van der Waals surface area contributed by atoms with Gasteiger partial charge in [-0.1, -0.05) is 235 Å². The lowest BCUT2D eigenvalue weighted by Crippen LogP contribution is -2.37. The van der Waals surface area contributed by atoms with Crippen LogP contribution in [-0.2, 0) is 32.7 Å². The summed E-state index contributed by atoms with van der Waals surface area (Å²) in [6.07, 6.45) is 68.5. The summed E-state index contributed by atoms with van der Waals surface area (Å²) in [4.78, 5) is 37.8. The first-order valence-corrected chi connectivity index (χ1v) is 31.5. The summed E-state index contributed by atoms with van der Waals surface area (Å²) in [5, 5.41) is 0. The third-order valence-corrected chi connectivity index (χ3v) is 14.0. The van der Waals surface area contributed by atoms with Crippen molar-refractivity contribution in [3.8, 4) is 0 Å². The van der Waals surface area contributed by atoms with Crippen LogP contribution in [0.4, 0.5) is 0 Å². The molecule has 2 atom stereocenters. The van der Waals surface area contributed by atoms with Gasteiger partial charge in [-0.25, -0.2) is 0 Å². The lowest BCUT2D eigenvalue weighted by atomic mass is 10.0. The van der Waals surface area contributed by atoms with E-state index >= 15 is 0 Å². The predicted molar refractivity (Wildman–Crippen MR) is 305 cm³/mol. The van der Waals surface area contributed by atoms with E-state index < -0.39 is 32.5 Å². The summed E-state index contributed by atoms with van der Waals surface area (Å²) in [5.74, 6) is -0.843. The molecule has 72 heavy (non-hydrogen) atoms. The van der Waals surface area contributed by atoms with Crippen molar-refractivity contribution >= 4 is 19.8 Å². The van der Waals surface area contributed by atoms with E-state index in [1.54, 1.807) is 0 Å². The summed E-state index contributed by atoms with van der Waals surface area (Å²) in [6.45, 7) is 4.20. The lowest BCUT2D eigenvalue weighted by molar-refractivity contribution is -0.870. The van der Waals surface area contributed by atoms with Crippen molar-refractivity contribution in [2.75, 3.05) is 47.5 Å². The fraction of sp³-hybridized carbons (Fsp3) is 0.806. The van der Waals surface area contributed by atoms with Gasteiger partial charge in [0.15, 0.2) is 6.10 Å². The molecule has 0 aliphatic carbocycles. The highest BCUT2D eigenvalue weighted by molar-refractivity contribution is 7.45. The molecule has 0 spiro atoms. The highest BCUT2D eigenvalue weighted by atomic mass is 31.2. The Balaban J connectivity index is 4.04. The quantitative estimate of drug-likeness (QED) is 0.0195. The van der Waals surface area contributed by atoms with Crippen molar-refractivity contribution in [1.82, 2.24) is 0 Å². The molecule has 0 amide bonds. The number of phosphoric acid groups is 1. The summed E-state index contributed by atoms with van der Waals surface area (Å²) in [7, 11) is 1.16. The fourth-order valence-corrected chi connectivity index (χ4v) is 9.07. The monoisotopic (exact) mass is 1030 g/mol. The Labute approximate surface area is 445 Å². The molecule has 0 N–H and O–H groups in total. The number of nitrogens with zero attached hydrogens (tertiary/aromatic N) is 1. The molecule has 0 aromatic rings. The lowest BCUT2D eigenvalue weighted by Gasteiger charge is -2.28. The zero-order valence-corrected chi connectivity index (χ0v) is 48.5. The minimum absolute atomic E-state index is 0.0336. The molecule has 2 unspecified atom stereocenters. The third kappa shape index (κ3) is 57.0. The molecule has 0 aliphatic rings. The molecular formula is C62H114NO8P. The number of esters is 2. The Kier molecular flexibility index (Phi) is 51.8. The summed E-state index contributed by atoms with van der Waals surface area (Å²) in [5.41, 5.74) is 0. The predicted octanol–water partition coefficient (Wildman–Crippen LogP) is 18.1. The van der Waals surface area contributed by atoms with Crippen LogP contribution in [0.5, 0.6) is 0 Å². The molecule has 0 fully saturated rings. The Hall–Kier alpha value is -2.29. The second-order valence-corrected chi connectivity index (χ2v) is 22.8. The highest BCUT2D eigenvalue weighted by Gasteiger charge is 2.22. The number of rotatable bonds is 55. The number of hydrogen-bond acceptors (Lipinski definition) is 8. The van der Waals surface area contributed by atoms with Crippen molar-refractivity contribution in [3.63, 3.8) is 0 Å². The second-order valence-electron chi connectivity index (χ2n) is 21.4. The van der Waals surface area contributed by atoms with Gasteiger partial charge in [0, 0.05) is 12.8 Å². The van der Waals surface area contributed by atoms with Crippen molar-refractivity contribution < 1.29 is 42.1 Å². The van der Waals surface area contributed by atoms with E-state index in [4.69, 9.17) is 18.5 Å². The second kappa shape index (κ2) is 53.5. The van der Waals surface area contributed by atoms with Crippen LogP contribution in [0.25, 0.3) is 0 Å². The molecule has 0 radical (unpaired) electrons. The molecule has 0 saturated heterocycles. The van der Waals surface area contributed by atoms with E-state index in [0.29, 0.717) is 23.9 Å². The van der Waals surface area contributed by atoms with E-state index in [2.05, 4.69) is 74.6 Å². The van der Waals surface area contributed by atoms with Crippen LogP contribution in [0, 0.1) is 0 Å². The van der Waals surface area contributed by atoms with E-state index in [9.17, 15) is 19.0 Å². The van der Waals surface area contributed by atoms with Gasteiger partial charge in [-0.2, -0.15) is 0 Å². The molecule has 0 heterocycles. The van der Waals surface area contributed by atoms with Gasteiger partial charge in [0.1, 0.15) is 19.8 Å². The van der Waals surface area contributed by atoms with E-state index in [1.807, 2.05) is 21.1 Å². The number of hydrogen-bond donors (Lipinski definition) is 0. The Morgan fingerprint density at radius 1 is 0.431 bits per heavy atom. The topological polar surface area (TPSA) is 111 Å². The molecular weight excluding hydrogens is 918 g/mol. The van der Waals surface area contributed by atoms with Crippen molar-refractivity contribution in [3.05, 3.63) is 60.8 Å². The number of allylic oxidation sites excluding steroid dienone is 10. The number of ether oxygens (including phenoxy) is 2. The number of carbonyl (C=O) groups is 2. The fourth-order valence-electron chi connectivity index (χ4n) is 8.34. The van der Waals surface area contributed by atoms with Crippen LogP contribution in [0.15, 0.2) is 60.8 Å². The van der Waals surface area contributed by atoms with Crippen molar-refractivity contribution in [2.45, 2.75) is 277 Å². The highest BCUT2D eigenvalue weighted by Crippen LogP contribution is 2.38. The van der Waals surface area contributed by atoms with Crippen LogP contribution in [-0.4, -0.2) is 70.0 Å². The van der Waals surface area contributed by atoms with E-state index in [1.165, 1.54) is 161 Å². The van der Waals surface area contributed by atoms with Crippen LogP contribution in [0.2, 0.25) is 0 Å². The Morgan fingerprint density at radius 3 is 1.14 bits per heavy atom. The number of unbranched alkanes of at least 4 members (excludes halogenated alkanes) is 31. The average Bonchev–Trinajstić information content (AvgIpc) is 3.34. The van der Waals surface area contributed by atoms with Gasteiger partial charge in [-0.05, 0) is 83.5 Å². The zero-order valence-electron chi connectivity index (χ0n) is 47.6. The Bertz CT molecular complexity index is 1400. The first-order valence-electron chi connectivity index (χ1n) is 30.0. The minimum atomic E-state index is -4.64. The largest absolute Gasteiger partial charge is 0.756 e. The molecule has 10 heteroatoms. The molecule has 0 aromatic heterocycles. The van der Waals surface area contributed by atoms with Gasteiger partial charge in [-0.15, -0.1) is 0 Å². The molecule has 0 bridgehead atoms. The van der Waals surface area contributed by atoms with Gasteiger partial charge in [0.2, 0.25) is 0 Å². The van der Waals surface area contributed by atoms with Crippen LogP contribution in [0.3, 0.4) is 0 Å². The van der Waals surface area contributed by atoms with Crippen molar-refractivity contribution in [1.29, 1.82) is 0 Å². The third-order valence-electron chi connectivity index (χ3n) is 13.0. The van der Waals surface area contributed by atoms with Gasteiger partial charge >= 0.3 is 11.9 Å². The summed E-state index contributed by atoms with van der Waals surface area (Å²) >= 11 is 0.